The van der Waals surface area contributed by atoms with E-state index in [-0.39, 0.29) is 5.54 Å². The molecule has 0 aliphatic heterocycles. The molecule has 0 fully saturated rings. The Kier molecular flexibility index (Phi) is 5.40. The highest BCUT2D eigenvalue weighted by molar-refractivity contribution is 7.11. The highest BCUT2D eigenvalue weighted by Crippen LogP contribution is 2.37. The van der Waals surface area contributed by atoms with Crippen molar-refractivity contribution in [1.29, 1.82) is 0 Å². The van der Waals surface area contributed by atoms with Gasteiger partial charge >= 0.3 is 0 Å². The molecule has 1 aliphatic rings. The van der Waals surface area contributed by atoms with Crippen molar-refractivity contribution in [2.24, 2.45) is 0 Å². The Balaban J connectivity index is 2.27. The van der Waals surface area contributed by atoms with Crippen molar-refractivity contribution in [2.45, 2.75) is 77.7 Å². The van der Waals surface area contributed by atoms with Gasteiger partial charge in [-0.05, 0) is 45.1 Å². The normalized spacial score (nSPS) is 18.1. The number of rotatable bonds is 7. The number of hydrogen-bond donors (Lipinski definition) is 1. The number of nitrogens with one attached hydrogen (secondary N) is 1. The zero-order chi connectivity index (χ0) is 13.7. The molecule has 0 amide bonds. The largest absolute Gasteiger partial charge is 0.306 e. The number of aryl methyl sites for hydroxylation is 2. The minimum absolute atomic E-state index is 0.132. The summed E-state index contributed by atoms with van der Waals surface area (Å²) in [5.74, 6) is 0. The van der Waals surface area contributed by atoms with Crippen LogP contribution < -0.4 is 5.32 Å². The fraction of sp³-hybridized carbons (Fsp3) is 0.812. The van der Waals surface area contributed by atoms with Gasteiger partial charge in [0.1, 0.15) is 5.01 Å². The lowest BCUT2D eigenvalue weighted by atomic mass is 9.90. The topological polar surface area (TPSA) is 24.9 Å². The molecule has 3 heteroatoms. The van der Waals surface area contributed by atoms with Gasteiger partial charge in [0.15, 0.2) is 0 Å². The van der Waals surface area contributed by atoms with Gasteiger partial charge in [0, 0.05) is 4.88 Å². The van der Waals surface area contributed by atoms with Crippen LogP contribution in [-0.4, -0.2) is 11.5 Å². The summed E-state index contributed by atoms with van der Waals surface area (Å²) in [7, 11) is 0. The fourth-order valence-corrected chi connectivity index (χ4v) is 4.51. The Morgan fingerprint density at radius 3 is 2.63 bits per heavy atom. The molecule has 0 saturated carbocycles. The number of unbranched alkanes of at least 4 members (excludes halogenated alkanes) is 1. The van der Waals surface area contributed by atoms with Crippen LogP contribution >= 0.6 is 11.3 Å². The number of hydrogen-bond acceptors (Lipinski definition) is 3. The second-order valence-corrected chi connectivity index (χ2v) is 6.75. The molecule has 0 spiro atoms. The SMILES string of the molecule is CCCCC(CC)(NCC)c1nc2c(s1)CCCC2. The van der Waals surface area contributed by atoms with Crippen LogP contribution in [-0.2, 0) is 18.4 Å². The van der Waals surface area contributed by atoms with Gasteiger partial charge in [-0.15, -0.1) is 11.3 Å². The highest BCUT2D eigenvalue weighted by atomic mass is 32.1. The van der Waals surface area contributed by atoms with Crippen LogP contribution in [0.15, 0.2) is 0 Å². The minimum Gasteiger partial charge on any atom is -0.306 e. The van der Waals surface area contributed by atoms with Crippen LogP contribution in [0.4, 0.5) is 0 Å². The molecule has 1 unspecified atom stereocenters. The first-order valence-corrected chi connectivity index (χ1v) is 8.81. The maximum absolute atomic E-state index is 5.02. The number of fused-ring (bicyclic) bond motifs is 1. The number of thiazole rings is 1. The summed E-state index contributed by atoms with van der Waals surface area (Å²) < 4.78 is 0. The van der Waals surface area contributed by atoms with Crippen molar-refractivity contribution in [3.8, 4) is 0 Å². The Morgan fingerprint density at radius 2 is 2.00 bits per heavy atom. The van der Waals surface area contributed by atoms with Crippen LogP contribution in [0.5, 0.6) is 0 Å². The molecular weight excluding hydrogens is 252 g/mol. The first-order valence-electron chi connectivity index (χ1n) is 7.99. The van der Waals surface area contributed by atoms with E-state index in [2.05, 4.69) is 26.1 Å². The van der Waals surface area contributed by atoms with Crippen molar-refractivity contribution in [3.05, 3.63) is 15.6 Å². The van der Waals surface area contributed by atoms with Crippen LogP contribution in [0, 0.1) is 0 Å². The predicted molar refractivity (Wildman–Crippen MR) is 83.9 cm³/mol. The van der Waals surface area contributed by atoms with E-state index in [9.17, 15) is 0 Å². The third-order valence-electron chi connectivity index (χ3n) is 4.33. The molecule has 1 aromatic heterocycles. The van der Waals surface area contributed by atoms with Crippen LogP contribution in [0.1, 0.15) is 74.9 Å². The van der Waals surface area contributed by atoms with Crippen molar-refractivity contribution >= 4 is 11.3 Å². The van der Waals surface area contributed by atoms with E-state index in [0.717, 1.165) is 13.0 Å². The van der Waals surface area contributed by atoms with Gasteiger partial charge in [-0.3, -0.25) is 0 Å². The first kappa shape index (κ1) is 15.0. The summed E-state index contributed by atoms with van der Waals surface area (Å²) in [5.41, 5.74) is 1.53. The molecule has 0 bridgehead atoms. The first-order chi connectivity index (χ1) is 9.25. The van der Waals surface area contributed by atoms with Gasteiger partial charge < -0.3 is 5.32 Å². The van der Waals surface area contributed by atoms with Crippen LogP contribution in [0.25, 0.3) is 0 Å². The lowest BCUT2D eigenvalue weighted by Crippen LogP contribution is -2.41. The summed E-state index contributed by atoms with van der Waals surface area (Å²) in [6.45, 7) is 7.82. The molecular formula is C16H28N2S. The van der Waals surface area contributed by atoms with Gasteiger partial charge in [0.05, 0.1) is 11.2 Å². The fourth-order valence-electron chi connectivity index (χ4n) is 3.10. The summed E-state index contributed by atoms with van der Waals surface area (Å²) in [6, 6.07) is 0. The van der Waals surface area contributed by atoms with E-state index < -0.39 is 0 Å². The van der Waals surface area contributed by atoms with Crippen molar-refractivity contribution in [3.63, 3.8) is 0 Å². The summed E-state index contributed by atoms with van der Waals surface area (Å²) >= 11 is 1.98. The van der Waals surface area contributed by atoms with E-state index in [1.807, 2.05) is 11.3 Å². The van der Waals surface area contributed by atoms with E-state index in [1.54, 1.807) is 4.88 Å². The monoisotopic (exact) mass is 280 g/mol. The van der Waals surface area contributed by atoms with Gasteiger partial charge in [-0.2, -0.15) is 0 Å². The lowest BCUT2D eigenvalue weighted by molar-refractivity contribution is 0.293. The molecule has 2 nitrogen and oxygen atoms in total. The van der Waals surface area contributed by atoms with E-state index in [0.29, 0.717) is 0 Å². The summed E-state index contributed by atoms with van der Waals surface area (Å²) in [6.07, 6.45) is 10.0. The van der Waals surface area contributed by atoms with Gasteiger partial charge in [-0.1, -0.05) is 33.6 Å². The quantitative estimate of drug-likeness (QED) is 0.799. The van der Waals surface area contributed by atoms with E-state index in [1.165, 1.54) is 55.6 Å². The van der Waals surface area contributed by atoms with Gasteiger partial charge in [-0.25, -0.2) is 4.98 Å². The Hall–Kier alpha value is -0.410. The molecule has 1 aliphatic carbocycles. The second-order valence-electron chi connectivity index (χ2n) is 5.67. The summed E-state index contributed by atoms with van der Waals surface area (Å²) in [4.78, 5) is 6.59. The molecule has 19 heavy (non-hydrogen) atoms. The Labute approximate surface area is 122 Å². The van der Waals surface area contributed by atoms with Crippen LogP contribution in [0.2, 0.25) is 0 Å². The van der Waals surface area contributed by atoms with Crippen molar-refractivity contribution < 1.29 is 0 Å². The Morgan fingerprint density at radius 1 is 1.21 bits per heavy atom. The molecule has 1 heterocycles. The zero-order valence-electron chi connectivity index (χ0n) is 12.7. The molecule has 1 N–H and O–H groups in total. The standard InChI is InChI=1S/C16H28N2S/c1-4-7-12-16(5-2,17-6-3)15-18-13-10-8-9-11-14(13)19-15/h17H,4-12H2,1-3H3. The minimum atomic E-state index is 0.132. The number of aromatic nitrogens is 1. The molecule has 0 aromatic carbocycles. The van der Waals surface area contributed by atoms with Crippen LogP contribution in [0.3, 0.4) is 0 Å². The third kappa shape index (κ3) is 3.19. The third-order valence-corrected chi connectivity index (χ3v) is 5.69. The highest BCUT2D eigenvalue weighted by Gasteiger charge is 2.33. The second kappa shape index (κ2) is 6.85. The average molecular weight is 280 g/mol. The van der Waals surface area contributed by atoms with Crippen molar-refractivity contribution in [2.75, 3.05) is 6.54 Å². The molecule has 0 saturated heterocycles. The maximum atomic E-state index is 5.02. The smallest absolute Gasteiger partial charge is 0.113 e. The average Bonchev–Trinajstić information content (AvgIpc) is 2.88. The molecule has 0 radical (unpaired) electrons. The van der Waals surface area contributed by atoms with E-state index in [4.69, 9.17) is 4.98 Å². The zero-order valence-corrected chi connectivity index (χ0v) is 13.5. The van der Waals surface area contributed by atoms with Gasteiger partial charge in [0.25, 0.3) is 0 Å². The molecule has 2 rings (SSSR count). The molecule has 1 atom stereocenters. The van der Waals surface area contributed by atoms with Crippen molar-refractivity contribution in [1.82, 2.24) is 10.3 Å². The molecule has 1 aromatic rings. The lowest BCUT2D eigenvalue weighted by Gasteiger charge is -2.32. The Bertz CT molecular complexity index is 376. The van der Waals surface area contributed by atoms with Gasteiger partial charge in [0.2, 0.25) is 0 Å². The summed E-state index contributed by atoms with van der Waals surface area (Å²) in [5, 5.41) is 5.11. The number of nitrogens with zero attached hydrogens (tertiary/aromatic N) is 1. The van der Waals surface area contributed by atoms with E-state index >= 15 is 0 Å². The predicted octanol–water partition coefficient (Wildman–Crippen LogP) is 4.43. The maximum Gasteiger partial charge on any atom is 0.113 e. The molecule has 108 valence electrons.